The minimum atomic E-state index is -0.556. The van der Waals surface area contributed by atoms with Crippen LogP contribution >= 0.6 is 11.8 Å². The summed E-state index contributed by atoms with van der Waals surface area (Å²) in [4.78, 5) is 6.64. The zero-order valence-corrected chi connectivity index (χ0v) is 11.4. The largest absolute Gasteiger partial charge is 0.386 e. The Morgan fingerprint density at radius 3 is 2.88 bits per heavy atom. The first-order valence-electron chi connectivity index (χ1n) is 5.89. The van der Waals surface area contributed by atoms with E-state index in [-0.39, 0.29) is 17.6 Å². The monoisotopic (exact) mass is 256 g/mol. The van der Waals surface area contributed by atoms with Gasteiger partial charge >= 0.3 is 0 Å². The maximum Gasteiger partial charge on any atom is 0.161 e. The molecule has 0 saturated carbocycles. The molecule has 0 aliphatic carbocycles. The highest BCUT2D eigenvalue weighted by Crippen LogP contribution is 2.37. The third-order valence-electron chi connectivity index (χ3n) is 3.11. The molecule has 0 spiro atoms. The molecule has 1 N–H and O–H groups in total. The van der Waals surface area contributed by atoms with Crippen LogP contribution in [0.1, 0.15) is 19.8 Å². The van der Waals surface area contributed by atoms with Gasteiger partial charge < -0.3 is 14.7 Å². The molecule has 1 fully saturated rings. The number of amidine groups is 1. The fraction of sp³-hybridized carbons (Fsp3) is 0.750. The van der Waals surface area contributed by atoms with Gasteiger partial charge in [-0.25, -0.2) is 0 Å². The molecular weight excluding hydrogens is 236 g/mol. The van der Waals surface area contributed by atoms with Crippen molar-refractivity contribution in [2.45, 2.75) is 43.5 Å². The summed E-state index contributed by atoms with van der Waals surface area (Å²) in [6, 6.07) is 0.242. The van der Waals surface area contributed by atoms with Crippen LogP contribution < -0.4 is 0 Å². The standard InChI is InChI=1S/C12H20N2O2S/c1-7(2)10(15)9-6-5-8-11(16-9)17-12(13-8)14(3)4/h8-11,15H,1,5-6H2,2-4H3/t8-,9-,10+,11-/m1/s1. The fourth-order valence-electron chi connectivity index (χ4n) is 2.08. The van der Waals surface area contributed by atoms with Gasteiger partial charge in [-0.15, -0.1) is 0 Å². The van der Waals surface area contributed by atoms with Crippen molar-refractivity contribution in [3.63, 3.8) is 0 Å². The second-order valence-corrected chi connectivity index (χ2v) is 5.97. The van der Waals surface area contributed by atoms with Crippen LogP contribution in [0.15, 0.2) is 17.1 Å². The van der Waals surface area contributed by atoms with Gasteiger partial charge in [-0.3, -0.25) is 4.99 Å². The molecule has 0 aromatic rings. The Hall–Kier alpha value is -0.520. The molecule has 0 amide bonds. The Labute approximate surface area is 107 Å². The quantitative estimate of drug-likeness (QED) is 0.760. The minimum Gasteiger partial charge on any atom is -0.386 e. The lowest BCUT2D eigenvalue weighted by Gasteiger charge is -2.33. The highest BCUT2D eigenvalue weighted by atomic mass is 32.2. The number of thioether (sulfide) groups is 1. The van der Waals surface area contributed by atoms with Crippen LogP contribution in [0, 0.1) is 0 Å². The molecule has 17 heavy (non-hydrogen) atoms. The number of aliphatic imine (C=N–C) groups is 1. The second kappa shape index (κ2) is 5.00. The predicted molar refractivity (Wildman–Crippen MR) is 71.2 cm³/mol. The summed E-state index contributed by atoms with van der Waals surface area (Å²) >= 11 is 1.65. The maximum absolute atomic E-state index is 9.96. The summed E-state index contributed by atoms with van der Waals surface area (Å²) < 4.78 is 5.92. The van der Waals surface area contributed by atoms with Crippen LogP contribution in [0.2, 0.25) is 0 Å². The van der Waals surface area contributed by atoms with Crippen LogP contribution in [0.5, 0.6) is 0 Å². The van der Waals surface area contributed by atoms with Crippen molar-refractivity contribution in [3.8, 4) is 0 Å². The second-order valence-electron chi connectivity index (χ2n) is 4.90. The number of hydrogen-bond acceptors (Lipinski definition) is 5. The number of rotatable bonds is 2. The van der Waals surface area contributed by atoms with Gasteiger partial charge in [0.05, 0.1) is 12.1 Å². The number of ether oxygens (including phenoxy) is 1. The van der Waals surface area contributed by atoms with Crippen LogP contribution in [-0.2, 0) is 4.74 Å². The van der Waals surface area contributed by atoms with Crippen molar-refractivity contribution in [2.75, 3.05) is 14.1 Å². The van der Waals surface area contributed by atoms with Crippen molar-refractivity contribution < 1.29 is 9.84 Å². The third-order valence-corrected chi connectivity index (χ3v) is 4.45. The van der Waals surface area contributed by atoms with Gasteiger partial charge in [-0.2, -0.15) is 0 Å². The van der Waals surface area contributed by atoms with Gasteiger partial charge in [0.25, 0.3) is 0 Å². The summed E-state index contributed by atoms with van der Waals surface area (Å²) in [6.07, 6.45) is 1.14. The lowest BCUT2D eigenvalue weighted by molar-refractivity contribution is -0.0670. The summed E-state index contributed by atoms with van der Waals surface area (Å²) in [7, 11) is 3.98. The first-order valence-corrected chi connectivity index (χ1v) is 6.77. The third kappa shape index (κ3) is 2.67. The minimum absolute atomic E-state index is 0.0557. The molecule has 0 bridgehead atoms. The normalized spacial score (nSPS) is 33.9. The zero-order chi connectivity index (χ0) is 12.6. The van der Waals surface area contributed by atoms with Crippen LogP contribution in [-0.4, -0.2) is 53.0 Å². The van der Waals surface area contributed by atoms with E-state index in [0.29, 0.717) is 0 Å². The molecule has 4 nitrogen and oxygen atoms in total. The van der Waals surface area contributed by atoms with Gasteiger partial charge in [0.15, 0.2) is 5.17 Å². The Morgan fingerprint density at radius 2 is 2.29 bits per heavy atom. The highest BCUT2D eigenvalue weighted by molar-refractivity contribution is 8.14. The maximum atomic E-state index is 9.96. The molecule has 96 valence electrons. The SMILES string of the molecule is C=C(C)[C@H](O)[C@H]1CC[C@H]2N=C(N(C)C)S[C@H]2O1. The zero-order valence-electron chi connectivity index (χ0n) is 10.6. The average Bonchev–Trinajstić information content (AvgIpc) is 2.70. The van der Waals surface area contributed by atoms with E-state index in [0.717, 1.165) is 23.6 Å². The van der Waals surface area contributed by atoms with Crippen LogP contribution in [0.4, 0.5) is 0 Å². The summed E-state index contributed by atoms with van der Waals surface area (Å²) in [6.45, 7) is 5.62. The summed E-state index contributed by atoms with van der Waals surface area (Å²) in [5.74, 6) is 0. The number of aliphatic hydroxyl groups excluding tert-OH is 1. The Kier molecular flexibility index (Phi) is 3.80. The first kappa shape index (κ1) is 12.9. The molecule has 0 aromatic carbocycles. The average molecular weight is 256 g/mol. The smallest absolute Gasteiger partial charge is 0.161 e. The van der Waals surface area contributed by atoms with E-state index in [1.54, 1.807) is 11.8 Å². The highest BCUT2D eigenvalue weighted by Gasteiger charge is 2.39. The van der Waals surface area contributed by atoms with Crippen molar-refractivity contribution in [1.29, 1.82) is 0 Å². The van der Waals surface area contributed by atoms with Crippen molar-refractivity contribution >= 4 is 16.9 Å². The Bertz CT molecular complexity index is 343. The van der Waals surface area contributed by atoms with E-state index < -0.39 is 6.10 Å². The molecule has 1 saturated heterocycles. The molecule has 2 aliphatic heterocycles. The lowest BCUT2D eigenvalue weighted by Crippen LogP contribution is -2.40. The van der Waals surface area contributed by atoms with E-state index in [9.17, 15) is 5.11 Å². The summed E-state index contributed by atoms with van der Waals surface area (Å²) in [5, 5.41) is 11.0. The van der Waals surface area contributed by atoms with Crippen molar-refractivity contribution in [1.82, 2.24) is 4.90 Å². The van der Waals surface area contributed by atoms with Crippen molar-refractivity contribution in [2.24, 2.45) is 4.99 Å². The number of hydrogen-bond donors (Lipinski definition) is 1. The Balaban J connectivity index is 1.97. The van der Waals surface area contributed by atoms with Gasteiger partial charge in [-0.1, -0.05) is 18.3 Å². The van der Waals surface area contributed by atoms with Gasteiger partial charge in [0, 0.05) is 14.1 Å². The van der Waals surface area contributed by atoms with E-state index in [1.807, 2.05) is 25.9 Å². The lowest BCUT2D eigenvalue weighted by atomic mass is 9.98. The molecule has 0 unspecified atom stereocenters. The van der Waals surface area contributed by atoms with Crippen LogP contribution in [0.3, 0.4) is 0 Å². The van der Waals surface area contributed by atoms with Gasteiger partial charge in [-0.05, 0) is 25.3 Å². The molecule has 0 radical (unpaired) electrons. The number of fused-ring (bicyclic) bond motifs is 1. The van der Waals surface area contributed by atoms with Crippen molar-refractivity contribution in [3.05, 3.63) is 12.2 Å². The topological polar surface area (TPSA) is 45.1 Å². The van der Waals surface area contributed by atoms with E-state index in [1.165, 1.54) is 0 Å². The molecular formula is C12H20N2O2S. The van der Waals surface area contributed by atoms with E-state index >= 15 is 0 Å². The molecule has 2 aliphatic rings. The van der Waals surface area contributed by atoms with Crippen LogP contribution in [0.25, 0.3) is 0 Å². The van der Waals surface area contributed by atoms with Gasteiger partial charge in [0.1, 0.15) is 11.5 Å². The number of nitrogens with zero attached hydrogens (tertiary/aromatic N) is 2. The van der Waals surface area contributed by atoms with Gasteiger partial charge in [0.2, 0.25) is 0 Å². The van der Waals surface area contributed by atoms with E-state index in [4.69, 9.17) is 4.74 Å². The molecule has 4 atom stereocenters. The fourth-order valence-corrected chi connectivity index (χ4v) is 3.25. The first-order chi connectivity index (χ1) is 7.99. The number of aliphatic hydroxyl groups is 1. The van der Waals surface area contributed by atoms with E-state index in [2.05, 4.69) is 11.6 Å². The molecule has 0 aromatic heterocycles. The summed E-state index contributed by atoms with van der Waals surface area (Å²) in [5.41, 5.74) is 0.824. The molecule has 2 heterocycles. The molecule has 5 heteroatoms. The molecule has 2 rings (SSSR count). The Morgan fingerprint density at radius 1 is 1.59 bits per heavy atom. The predicted octanol–water partition coefficient (Wildman–Crippen LogP) is 1.46.